The minimum absolute atomic E-state index is 0.0302. The first kappa shape index (κ1) is 22.7. The van der Waals surface area contributed by atoms with Gasteiger partial charge in [0.15, 0.2) is 0 Å². The number of hydrogen-bond acceptors (Lipinski definition) is 10. The van der Waals surface area contributed by atoms with Gasteiger partial charge in [-0.2, -0.15) is 4.98 Å². The second-order valence-electron chi connectivity index (χ2n) is 7.84. The SMILES string of the molecule is NS(=O)(=O)c1ccc(-n2cc(COc3ccnc(N4CCN(c5ccccn5)CC4)n3)nn2)cc1. The maximum atomic E-state index is 11.4. The van der Waals surface area contributed by atoms with E-state index < -0.39 is 10.0 Å². The molecule has 0 radical (unpaired) electrons. The van der Waals surface area contributed by atoms with Crippen LogP contribution in [0, 0.1) is 0 Å². The van der Waals surface area contributed by atoms with E-state index in [-0.39, 0.29) is 11.5 Å². The van der Waals surface area contributed by atoms with Gasteiger partial charge in [0.2, 0.25) is 21.9 Å². The summed E-state index contributed by atoms with van der Waals surface area (Å²) in [6.07, 6.45) is 5.17. The Bertz CT molecular complexity index is 1390. The lowest BCUT2D eigenvalue weighted by molar-refractivity contribution is 0.288. The van der Waals surface area contributed by atoms with Gasteiger partial charge in [0, 0.05) is 44.6 Å². The van der Waals surface area contributed by atoms with Crippen LogP contribution in [0.1, 0.15) is 5.69 Å². The number of sulfonamides is 1. The first-order chi connectivity index (χ1) is 17.0. The van der Waals surface area contributed by atoms with Crippen molar-refractivity contribution in [3.05, 3.63) is 72.8 Å². The van der Waals surface area contributed by atoms with Gasteiger partial charge in [-0.15, -0.1) is 5.10 Å². The first-order valence-corrected chi connectivity index (χ1v) is 12.4. The molecule has 1 saturated heterocycles. The third kappa shape index (κ3) is 5.36. The second-order valence-corrected chi connectivity index (χ2v) is 9.40. The van der Waals surface area contributed by atoms with E-state index in [1.54, 1.807) is 36.8 Å². The topological polar surface area (TPSA) is 145 Å². The summed E-state index contributed by atoms with van der Waals surface area (Å²) in [7, 11) is -3.75. The molecule has 1 fully saturated rings. The summed E-state index contributed by atoms with van der Waals surface area (Å²) in [5.41, 5.74) is 1.23. The van der Waals surface area contributed by atoms with Gasteiger partial charge in [0.05, 0.1) is 16.8 Å². The summed E-state index contributed by atoms with van der Waals surface area (Å²) in [6.45, 7) is 3.37. The number of primary sulfonamides is 1. The average molecular weight is 494 g/mol. The molecule has 35 heavy (non-hydrogen) atoms. The fourth-order valence-corrected chi connectivity index (χ4v) is 4.18. The highest BCUT2D eigenvalue weighted by molar-refractivity contribution is 7.89. The van der Waals surface area contributed by atoms with Crippen LogP contribution in [0.25, 0.3) is 5.69 Å². The summed E-state index contributed by atoms with van der Waals surface area (Å²) in [5, 5.41) is 13.3. The lowest BCUT2D eigenvalue weighted by Gasteiger charge is -2.35. The minimum Gasteiger partial charge on any atom is -0.471 e. The lowest BCUT2D eigenvalue weighted by Crippen LogP contribution is -2.47. The Kier molecular flexibility index (Phi) is 6.25. The molecule has 1 aliphatic rings. The quantitative estimate of drug-likeness (QED) is 0.396. The molecule has 4 aromatic rings. The van der Waals surface area contributed by atoms with Crippen molar-refractivity contribution < 1.29 is 13.2 Å². The number of aromatic nitrogens is 6. The Morgan fingerprint density at radius 2 is 1.69 bits per heavy atom. The zero-order valence-corrected chi connectivity index (χ0v) is 19.5. The summed E-state index contributed by atoms with van der Waals surface area (Å²) < 4.78 is 30.2. The molecule has 2 N–H and O–H groups in total. The summed E-state index contributed by atoms with van der Waals surface area (Å²) in [5.74, 6) is 2.02. The lowest BCUT2D eigenvalue weighted by atomic mass is 10.3. The van der Waals surface area contributed by atoms with Crippen LogP contribution in [-0.2, 0) is 16.6 Å². The van der Waals surface area contributed by atoms with Crippen LogP contribution in [0.3, 0.4) is 0 Å². The van der Waals surface area contributed by atoms with Crippen LogP contribution in [-0.4, -0.2) is 64.5 Å². The van der Waals surface area contributed by atoms with E-state index in [1.165, 1.54) is 16.8 Å². The van der Waals surface area contributed by atoms with Crippen LogP contribution < -0.4 is 19.7 Å². The van der Waals surface area contributed by atoms with Crippen molar-refractivity contribution in [3.8, 4) is 11.6 Å². The summed E-state index contributed by atoms with van der Waals surface area (Å²) in [6, 6.07) is 13.6. The molecule has 1 aliphatic heterocycles. The summed E-state index contributed by atoms with van der Waals surface area (Å²) in [4.78, 5) is 17.7. The number of pyridine rings is 1. The molecular formula is C22H23N9O3S. The van der Waals surface area contributed by atoms with Crippen molar-refractivity contribution in [2.24, 2.45) is 5.14 Å². The van der Waals surface area contributed by atoms with Gasteiger partial charge in [-0.05, 0) is 36.4 Å². The van der Waals surface area contributed by atoms with Gasteiger partial charge in [-0.1, -0.05) is 11.3 Å². The van der Waals surface area contributed by atoms with Gasteiger partial charge in [-0.25, -0.2) is 28.2 Å². The number of piperazine rings is 1. The Balaban J connectivity index is 1.18. The molecule has 5 rings (SSSR count). The van der Waals surface area contributed by atoms with E-state index in [0.717, 1.165) is 32.0 Å². The number of anilines is 2. The molecule has 0 saturated carbocycles. The van der Waals surface area contributed by atoms with E-state index >= 15 is 0 Å². The standard InChI is InChI=1S/C22H23N9O3S/c23-35(32,33)19-6-4-18(5-7-19)31-15-17(27-28-31)16-34-21-8-10-25-22(26-21)30-13-11-29(12-14-30)20-3-1-2-9-24-20/h1-10,15H,11-14,16H2,(H2,23,32,33). The Hall–Kier alpha value is -4.10. The summed E-state index contributed by atoms with van der Waals surface area (Å²) >= 11 is 0. The molecule has 0 amide bonds. The minimum atomic E-state index is -3.75. The van der Waals surface area contributed by atoms with Crippen molar-refractivity contribution >= 4 is 21.8 Å². The van der Waals surface area contributed by atoms with Crippen molar-refractivity contribution in [1.82, 2.24) is 29.9 Å². The first-order valence-electron chi connectivity index (χ1n) is 10.9. The second kappa shape index (κ2) is 9.64. The van der Waals surface area contributed by atoms with Gasteiger partial charge in [-0.3, -0.25) is 0 Å². The molecule has 0 spiro atoms. The van der Waals surface area contributed by atoms with E-state index in [1.807, 2.05) is 18.2 Å². The van der Waals surface area contributed by atoms with Crippen LogP contribution >= 0.6 is 0 Å². The number of ether oxygens (including phenoxy) is 1. The van der Waals surface area contributed by atoms with Crippen LogP contribution in [0.4, 0.5) is 11.8 Å². The zero-order chi connectivity index (χ0) is 24.3. The maximum Gasteiger partial charge on any atom is 0.238 e. The smallest absolute Gasteiger partial charge is 0.238 e. The predicted molar refractivity (Wildman–Crippen MR) is 128 cm³/mol. The van der Waals surface area contributed by atoms with Crippen LogP contribution in [0.5, 0.6) is 5.88 Å². The molecular weight excluding hydrogens is 470 g/mol. The Labute approximate surface area is 202 Å². The zero-order valence-electron chi connectivity index (χ0n) is 18.7. The fourth-order valence-electron chi connectivity index (χ4n) is 3.67. The fraction of sp³-hybridized carbons (Fsp3) is 0.227. The largest absolute Gasteiger partial charge is 0.471 e. The molecule has 1 aromatic carbocycles. The normalized spacial score (nSPS) is 14.2. The number of benzene rings is 1. The number of rotatable bonds is 7. The molecule has 4 heterocycles. The Morgan fingerprint density at radius 3 is 2.40 bits per heavy atom. The highest BCUT2D eigenvalue weighted by atomic mass is 32.2. The molecule has 180 valence electrons. The molecule has 3 aromatic heterocycles. The average Bonchev–Trinajstić information content (AvgIpc) is 3.37. The monoisotopic (exact) mass is 493 g/mol. The van der Waals surface area contributed by atoms with Gasteiger partial charge >= 0.3 is 0 Å². The molecule has 0 aliphatic carbocycles. The van der Waals surface area contributed by atoms with Crippen molar-refractivity contribution in [1.29, 1.82) is 0 Å². The van der Waals surface area contributed by atoms with Crippen LogP contribution in [0.15, 0.2) is 72.0 Å². The van der Waals surface area contributed by atoms with E-state index in [0.29, 0.717) is 23.2 Å². The van der Waals surface area contributed by atoms with Crippen molar-refractivity contribution in [2.75, 3.05) is 36.0 Å². The third-order valence-corrected chi connectivity index (χ3v) is 6.42. The van der Waals surface area contributed by atoms with Crippen LogP contribution in [0.2, 0.25) is 0 Å². The molecule has 0 bridgehead atoms. The number of hydrogen-bond donors (Lipinski definition) is 1. The number of nitrogens with zero attached hydrogens (tertiary/aromatic N) is 8. The van der Waals surface area contributed by atoms with E-state index in [4.69, 9.17) is 9.88 Å². The highest BCUT2D eigenvalue weighted by Gasteiger charge is 2.20. The van der Waals surface area contributed by atoms with Gasteiger partial charge in [0.1, 0.15) is 18.1 Å². The number of nitrogens with two attached hydrogens (primary N) is 1. The highest BCUT2D eigenvalue weighted by Crippen LogP contribution is 2.18. The van der Waals surface area contributed by atoms with Gasteiger partial charge < -0.3 is 14.5 Å². The third-order valence-electron chi connectivity index (χ3n) is 5.49. The molecule has 12 nitrogen and oxygen atoms in total. The molecule has 0 unspecified atom stereocenters. The van der Waals surface area contributed by atoms with Gasteiger partial charge in [0.25, 0.3) is 0 Å². The Morgan fingerprint density at radius 1 is 0.914 bits per heavy atom. The van der Waals surface area contributed by atoms with E-state index in [2.05, 4.69) is 35.1 Å². The maximum absolute atomic E-state index is 11.4. The molecule has 0 atom stereocenters. The van der Waals surface area contributed by atoms with Crippen molar-refractivity contribution in [3.63, 3.8) is 0 Å². The predicted octanol–water partition coefficient (Wildman–Crippen LogP) is 1.01. The molecule has 13 heteroatoms. The van der Waals surface area contributed by atoms with E-state index in [9.17, 15) is 8.42 Å². The van der Waals surface area contributed by atoms with Crippen molar-refractivity contribution in [2.45, 2.75) is 11.5 Å².